The van der Waals surface area contributed by atoms with Gasteiger partial charge < -0.3 is 5.11 Å². The number of thiophene rings is 1. The third kappa shape index (κ3) is 2.01. The molecule has 0 spiro atoms. The highest BCUT2D eigenvalue weighted by Gasteiger charge is 2.21. The van der Waals surface area contributed by atoms with Crippen LogP contribution in [0.1, 0.15) is 18.4 Å². The predicted octanol–water partition coefficient (Wildman–Crippen LogP) is 2.23. The van der Waals surface area contributed by atoms with Crippen LogP contribution < -0.4 is 0 Å². The van der Waals surface area contributed by atoms with Crippen LogP contribution in [-0.4, -0.2) is 16.3 Å². The van der Waals surface area contributed by atoms with E-state index in [0.29, 0.717) is 0 Å². The SMILES string of the molecule is CC(c1ccsc1)C(S)C(=O)O. The van der Waals surface area contributed by atoms with Gasteiger partial charge in [0.2, 0.25) is 0 Å². The van der Waals surface area contributed by atoms with Gasteiger partial charge in [-0.15, -0.1) is 0 Å². The Morgan fingerprint density at radius 2 is 2.42 bits per heavy atom. The number of rotatable bonds is 3. The van der Waals surface area contributed by atoms with Crippen molar-refractivity contribution in [1.29, 1.82) is 0 Å². The van der Waals surface area contributed by atoms with Crippen LogP contribution in [0.4, 0.5) is 0 Å². The second kappa shape index (κ2) is 3.96. The van der Waals surface area contributed by atoms with Crippen molar-refractivity contribution >= 4 is 29.9 Å². The predicted molar refractivity (Wildman–Crippen MR) is 53.1 cm³/mol. The van der Waals surface area contributed by atoms with Crippen molar-refractivity contribution in [1.82, 2.24) is 0 Å². The highest BCUT2D eigenvalue weighted by molar-refractivity contribution is 7.81. The van der Waals surface area contributed by atoms with Gasteiger partial charge >= 0.3 is 5.97 Å². The Morgan fingerprint density at radius 3 is 2.83 bits per heavy atom. The van der Waals surface area contributed by atoms with Gasteiger partial charge in [0.05, 0.1) is 0 Å². The molecule has 0 saturated heterocycles. The van der Waals surface area contributed by atoms with E-state index in [-0.39, 0.29) is 5.92 Å². The third-order valence-electron chi connectivity index (χ3n) is 1.80. The summed E-state index contributed by atoms with van der Waals surface area (Å²) in [7, 11) is 0. The summed E-state index contributed by atoms with van der Waals surface area (Å²) in [5.74, 6) is -0.894. The maximum Gasteiger partial charge on any atom is 0.316 e. The molecule has 1 aromatic heterocycles. The minimum atomic E-state index is -0.864. The van der Waals surface area contributed by atoms with Crippen molar-refractivity contribution in [3.8, 4) is 0 Å². The van der Waals surface area contributed by atoms with Crippen molar-refractivity contribution in [2.75, 3.05) is 0 Å². The second-order valence-electron chi connectivity index (χ2n) is 2.63. The number of hydrogen-bond donors (Lipinski definition) is 2. The lowest BCUT2D eigenvalue weighted by atomic mass is 10.0. The zero-order chi connectivity index (χ0) is 9.14. The van der Waals surface area contributed by atoms with E-state index in [1.165, 1.54) is 0 Å². The fraction of sp³-hybridized carbons (Fsp3) is 0.375. The average Bonchev–Trinajstić information content (AvgIpc) is 2.53. The van der Waals surface area contributed by atoms with Gasteiger partial charge in [-0.1, -0.05) is 6.92 Å². The molecular formula is C8H10O2S2. The first-order valence-corrected chi connectivity index (χ1v) is 5.02. The van der Waals surface area contributed by atoms with Crippen LogP contribution in [0.5, 0.6) is 0 Å². The van der Waals surface area contributed by atoms with Crippen LogP contribution in [0.2, 0.25) is 0 Å². The molecule has 0 aromatic carbocycles. The van der Waals surface area contributed by atoms with Gasteiger partial charge in [0.1, 0.15) is 5.25 Å². The smallest absolute Gasteiger partial charge is 0.316 e. The van der Waals surface area contributed by atoms with Crippen LogP contribution in [0.15, 0.2) is 16.8 Å². The molecule has 0 amide bonds. The Morgan fingerprint density at radius 1 is 1.75 bits per heavy atom. The normalized spacial score (nSPS) is 15.5. The largest absolute Gasteiger partial charge is 0.480 e. The first-order valence-electron chi connectivity index (χ1n) is 3.56. The molecule has 1 rings (SSSR count). The molecule has 4 heteroatoms. The molecule has 12 heavy (non-hydrogen) atoms. The molecule has 0 saturated carbocycles. The Balaban J connectivity index is 2.71. The van der Waals surface area contributed by atoms with E-state index in [1.807, 2.05) is 23.8 Å². The topological polar surface area (TPSA) is 37.3 Å². The summed E-state index contributed by atoms with van der Waals surface area (Å²) in [5.41, 5.74) is 1.04. The van der Waals surface area contributed by atoms with Crippen molar-refractivity contribution in [3.63, 3.8) is 0 Å². The molecule has 2 unspecified atom stereocenters. The van der Waals surface area contributed by atoms with Crippen LogP contribution in [-0.2, 0) is 4.79 Å². The number of hydrogen-bond acceptors (Lipinski definition) is 3. The van der Waals surface area contributed by atoms with E-state index in [1.54, 1.807) is 11.3 Å². The molecule has 0 aliphatic carbocycles. The zero-order valence-electron chi connectivity index (χ0n) is 6.60. The summed E-state index contributed by atoms with van der Waals surface area (Å²) in [6.45, 7) is 1.87. The maximum absolute atomic E-state index is 10.6. The minimum absolute atomic E-state index is 0.0305. The fourth-order valence-corrected chi connectivity index (χ4v) is 1.87. The van der Waals surface area contributed by atoms with Gasteiger partial charge in [-0.2, -0.15) is 24.0 Å². The average molecular weight is 202 g/mol. The van der Waals surface area contributed by atoms with Crippen molar-refractivity contribution < 1.29 is 9.90 Å². The highest BCUT2D eigenvalue weighted by atomic mass is 32.1. The number of carboxylic acids is 1. The van der Waals surface area contributed by atoms with Gasteiger partial charge in [-0.25, -0.2) is 0 Å². The molecule has 2 nitrogen and oxygen atoms in total. The van der Waals surface area contributed by atoms with Gasteiger partial charge in [0, 0.05) is 5.92 Å². The Bertz CT molecular complexity index is 256. The highest BCUT2D eigenvalue weighted by Crippen LogP contribution is 2.24. The summed E-state index contributed by atoms with van der Waals surface area (Å²) < 4.78 is 0. The first-order chi connectivity index (χ1) is 5.63. The minimum Gasteiger partial charge on any atom is -0.480 e. The Labute approximate surface area is 80.6 Å². The summed E-state index contributed by atoms with van der Waals surface area (Å²) in [6.07, 6.45) is 0. The van der Waals surface area contributed by atoms with Gasteiger partial charge in [0.25, 0.3) is 0 Å². The molecule has 0 fully saturated rings. The molecular weight excluding hydrogens is 192 g/mol. The molecule has 1 aromatic rings. The van der Waals surface area contributed by atoms with E-state index < -0.39 is 11.2 Å². The molecule has 0 radical (unpaired) electrons. The van der Waals surface area contributed by atoms with Gasteiger partial charge in [-0.05, 0) is 22.4 Å². The summed E-state index contributed by atoms with van der Waals surface area (Å²) in [6, 6.07) is 1.93. The number of thiol groups is 1. The molecule has 0 aliphatic heterocycles. The van der Waals surface area contributed by atoms with Gasteiger partial charge in [-0.3, -0.25) is 4.79 Å². The molecule has 2 atom stereocenters. The lowest BCUT2D eigenvalue weighted by Gasteiger charge is -2.12. The Hall–Kier alpha value is -0.480. The lowest BCUT2D eigenvalue weighted by Crippen LogP contribution is -2.19. The molecule has 0 aliphatic rings. The standard InChI is InChI=1S/C8H10O2S2/c1-5(7(11)8(9)10)6-2-3-12-4-6/h2-5,7,11H,1H3,(H,9,10). The quantitative estimate of drug-likeness (QED) is 0.738. The summed E-state index contributed by atoms with van der Waals surface area (Å²) >= 11 is 5.58. The number of aliphatic carboxylic acids is 1. The van der Waals surface area contributed by atoms with E-state index in [0.717, 1.165) is 5.56 Å². The van der Waals surface area contributed by atoms with Crippen molar-refractivity contribution in [2.45, 2.75) is 18.1 Å². The van der Waals surface area contributed by atoms with E-state index in [2.05, 4.69) is 12.6 Å². The molecule has 66 valence electrons. The second-order valence-corrected chi connectivity index (χ2v) is 3.96. The fourth-order valence-electron chi connectivity index (χ4n) is 0.930. The monoisotopic (exact) mass is 202 g/mol. The van der Waals surface area contributed by atoms with Crippen LogP contribution in [0.3, 0.4) is 0 Å². The van der Waals surface area contributed by atoms with Crippen molar-refractivity contribution in [3.05, 3.63) is 22.4 Å². The number of carbonyl (C=O) groups is 1. The third-order valence-corrected chi connectivity index (χ3v) is 3.17. The van der Waals surface area contributed by atoms with Crippen LogP contribution in [0.25, 0.3) is 0 Å². The van der Waals surface area contributed by atoms with E-state index in [9.17, 15) is 4.79 Å². The van der Waals surface area contributed by atoms with E-state index >= 15 is 0 Å². The molecule has 1 N–H and O–H groups in total. The molecule has 1 heterocycles. The van der Waals surface area contributed by atoms with Gasteiger partial charge in [0.15, 0.2) is 0 Å². The summed E-state index contributed by atoms with van der Waals surface area (Å²) in [5, 5.41) is 12.0. The first kappa shape index (κ1) is 9.61. The zero-order valence-corrected chi connectivity index (χ0v) is 8.31. The molecule has 0 bridgehead atoms. The van der Waals surface area contributed by atoms with Crippen LogP contribution in [0, 0.1) is 0 Å². The lowest BCUT2D eigenvalue weighted by molar-refractivity contribution is -0.136. The Kier molecular flexibility index (Phi) is 3.17. The summed E-state index contributed by atoms with van der Waals surface area (Å²) in [4.78, 5) is 10.6. The van der Waals surface area contributed by atoms with E-state index in [4.69, 9.17) is 5.11 Å². The van der Waals surface area contributed by atoms with Crippen molar-refractivity contribution in [2.24, 2.45) is 0 Å². The number of carboxylic acid groups (broad SMARTS) is 1. The van der Waals surface area contributed by atoms with Crippen LogP contribution >= 0.6 is 24.0 Å². The maximum atomic E-state index is 10.6.